The summed E-state index contributed by atoms with van der Waals surface area (Å²) in [5.74, 6) is 0. The summed E-state index contributed by atoms with van der Waals surface area (Å²) in [5, 5.41) is 8.10. The lowest BCUT2D eigenvalue weighted by atomic mass is 10.7. The molecular weight excluding hydrogens is 192 g/mol. The molecule has 0 aromatic heterocycles. The fraction of sp³-hybridized carbons (Fsp3) is 0.875. The topological polar surface area (TPSA) is 74.2 Å². The van der Waals surface area contributed by atoms with Crippen molar-refractivity contribution < 1.29 is 28.8 Å². The molecule has 0 aliphatic carbocycles. The largest absolute Gasteiger partial charge is 0.505 e. The van der Waals surface area contributed by atoms with Gasteiger partial charge >= 0.3 is 6.16 Å². The van der Waals surface area contributed by atoms with Gasteiger partial charge in [0.05, 0.1) is 33.0 Å². The molecule has 0 saturated carbocycles. The summed E-state index contributed by atoms with van der Waals surface area (Å²) in [4.78, 5) is 9.89. The van der Waals surface area contributed by atoms with Crippen molar-refractivity contribution >= 4 is 6.16 Å². The van der Waals surface area contributed by atoms with Gasteiger partial charge in [-0.05, 0) is 0 Å². The second-order valence-corrected chi connectivity index (χ2v) is 2.33. The van der Waals surface area contributed by atoms with E-state index in [4.69, 9.17) is 19.3 Å². The van der Waals surface area contributed by atoms with E-state index in [1.165, 1.54) is 0 Å². The average molecular weight is 208 g/mol. The van der Waals surface area contributed by atoms with Gasteiger partial charge in [-0.25, -0.2) is 4.79 Å². The third-order valence-electron chi connectivity index (χ3n) is 1.26. The predicted octanol–water partition coefficient (Wildman–Crippen LogP) is 0.361. The first-order chi connectivity index (χ1) is 6.77. The first-order valence-corrected chi connectivity index (χ1v) is 4.27. The van der Waals surface area contributed by atoms with Crippen molar-refractivity contribution in [2.75, 3.05) is 46.8 Å². The molecule has 84 valence electrons. The van der Waals surface area contributed by atoms with Crippen LogP contribution < -0.4 is 0 Å². The Morgan fingerprint density at radius 2 is 1.50 bits per heavy atom. The fourth-order valence-electron chi connectivity index (χ4n) is 0.652. The van der Waals surface area contributed by atoms with Crippen LogP contribution in [0.25, 0.3) is 0 Å². The van der Waals surface area contributed by atoms with Crippen LogP contribution in [0.5, 0.6) is 0 Å². The highest BCUT2D eigenvalue weighted by molar-refractivity contribution is 5.56. The number of rotatable bonds is 9. The third kappa shape index (κ3) is 11.2. The van der Waals surface area contributed by atoms with E-state index in [9.17, 15) is 4.79 Å². The normalized spacial score (nSPS) is 10.1. The predicted molar refractivity (Wildman–Crippen MR) is 47.5 cm³/mol. The van der Waals surface area contributed by atoms with Crippen LogP contribution in [-0.4, -0.2) is 58.0 Å². The lowest BCUT2D eigenvalue weighted by molar-refractivity contribution is 0.00748. The molecule has 0 aliphatic heterocycles. The molecule has 0 atom stereocenters. The van der Waals surface area contributed by atoms with E-state index in [1.54, 1.807) is 7.11 Å². The monoisotopic (exact) mass is 208 g/mol. The second kappa shape index (κ2) is 10.2. The highest BCUT2D eigenvalue weighted by Crippen LogP contribution is 1.81. The highest BCUT2D eigenvalue weighted by atomic mass is 16.7. The number of methoxy groups -OCH3 is 1. The molecule has 0 heterocycles. The zero-order valence-electron chi connectivity index (χ0n) is 8.23. The summed E-state index contributed by atoms with van der Waals surface area (Å²) < 4.78 is 19.1. The smallest absolute Gasteiger partial charge is 0.450 e. The Labute approximate surface area is 82.7 Å². The van der Waals surface area contributed by atoms with Gasteiger partial charge in [-0.3, -0.25) is 0 Å². The lowest BCUT2D eigenvalue weighted by Crippen LogP contribution is -2.12. The Morgan fingerprint density at radius 3 is 2.00 bits per heavy atom. The van der Waals surface area contributed by atoms with Crippen molar-refractivity contribution in [1.29, 1.82) is 0 Å². The van der Waals surface area contributed by atoms with Gasteiger partial charge in [-0.15, -0.1) is 0 Å². The molecule has 0 aromatic carbocycles. The molecule has 0 amide bonds. The lowest BCUT2D eigenvalue weighted by Gasteiger charge is -2.04. The highest BCUT2D eigenvalue weighted by Gasteiger charge is 1.95. The fourth-order valence-corrected chi connectivity index (χ4v) is 0.652. The molecule has 6 heteroatoms. The average Bonchev–Trinajstić information content (AvgIpc) is 2.15. The van der Waals surface area contributed by atoms with Crippen molar-refractivity contribution in [2.24, 2.45) is 0 Å². The summed E-state index contributed by atoms with van der Waals surface area (Å²) >= 11 is 0. The van der Waals surface area contributed by atoms with Gasteiger partial charge in [0.25, 0.3) is 0 Å². The molecule has 6 nitrogen and oxygen atoms in total. The van der Waals surface area contributed by atoms with Gasteiger partial charge in [0.2, 0.25) is 0 Å². The van der Waals surface area contributed by atoms with E-state index in [1.807, 2.05) is 0 Å². The number of hydrogen-bond acceptors (Lipinski definition) is 5. The van der Waals surface area contributed by atoms with Crippen LogP contribution in [-0.2, 0) is 18.9 Å². The van der Waals surface area contributed by atoms with Gasteiger partial charge in [0.1, 0.15) is 6.61 Å². The van der Waals surface area contributed by atoms with Gasteiger partial charge in [0, 0.05) is 7.11 Å². The van der Waals surface area contributed by atoms with Crippen LogP contribution in [0.15, 0.2) is 0 Å². The summed E-state index contributed by atoms with van der Waals surface area (Å²) in [7, 11) is 1.60. The molecule has 0 aromatic rings. The third-order valence-corrected chi connectivity index (χ3v) is 1.26. The van der Waals surface area contributed by atoms with E-state index < -0.39 is 6.16 Å². The van der Waals surface area contributed by atoms with E-state index in [-0.39, 0.29) is 13.2 Å². The van der Waals surface area contributed by atoms with Crippen molar-refractivity contribution in [3.8, 4) is 0 Å². The number of ether oxygens (including phenoxy) is 4. The van der Waals surface area contributed by atoms with Gasteiger partial charge < -0.3 is 24.1 Å². The zero-order valence-corrected chi connectivity index (χ0v) is 8.23. The van der Waals surface area contributed by atoms with E-state index in [0.29, 0.717) is 26.4 Å². The molecule has 1 N–H and O–H groups in total. The summed E-state index contributed by atoms with van der Waals surface area (Å²) in [6.07, 6.45) is -1.29. The van der Waals surface area contributed by atoms with Gasteiger partial charge in [-0.2, -0.15) is 0 Å². The number of carbonyl (C=O) groups is 1. The Morgan fingerprint density at radius 1 is 1.00 bits per heavy atom. The maximum absolute atomic E-state index is 9.89. The quantitative estimate of drug-likeness (QED) is 0.435. The molecule has 0 spiro atoms. The maximum atomic E-state index is 9.89. The summed E-state index contributed by atoms with van der Waals surface area (Å²) in [5.41, 5.74) is 0. The minimum atomic E-state index is -1.29. The van der Waals surface area contributed by atoms with E-state index in [2.05, 4.69) is 4.74 Å². The van der Waals surface area contributed by atoms with Gasteiger partial charge in [0.15, 0.2) is 0 Å². The molecule has 0 rings (SSSR count). The number of carboxylic acid groups (broad SMARTS) is 1. The Bertz CT molecular complexity index is 138. The molecule has 0 bridgehead atoms. The molecule has 0 unspecified atom stereocenters. The SMILES string of the molecule is COCCOCCOCCOC(=O)O. The van der Waals surface area contributed by atoms with Crippen LogP contribution >= 0.6 is 0 Å². The molecule has 0 aliphatic rings. The zero-order chi connectivity index (χ0) is 10.6. The molecule has 0 fully saturated rings. The maximum Gasteiger partial charge on any atom is 0.505 e. The van der Waals surface area contributed by atoms with Crippen LogP contribution in [0, 0.1) is 0 Å². The van der Waals surface area contributed by atoms with Crippen LogP contribution in [0.1, 0.15) is 0 Å². The Hall–Kier alpha value is -0.850. The molecule has 0 radical (unpaired) electrons. The van der Waals surface area contributed by atoms with E-state index >= 15 is 0 Å². The minimum Gasteiger partial charge on any atom is -0.450 e. The molecule has 0 saturated heterocycles. The van der Waals surface area contributed by atoms with Crippen LogP contribution in [0.4, 0.5) is 4.79 Å². The van der Waals surface area contributed by atoms with Crippen molar-refractivity contribution in [1.82, 2.24) is 0 Å². The summed E-state index contributed by atoms with van der Waals surface area (Å²) in [6.45, 7) is 2.28. The Kier molecular flexibility index (Phi) is 9.61. The minimum absolute atomic E-state index is 0.0490. The molecular formula is C8H16O6. The number of hydrogen-bond donors (Lipinski definition) is 1. The molecule has 14 heavy (non-hydrogen) atoms. The van der Waals surface area contributed by atoms with Crippen molar-refractivity contribution in [2.45, 2.75) is 0 Å². The van der Waals surface area contributed by atoms with Crippen molar-refractivity contribution in [3.63, 3.8) is 0 Å². The first kappa shape index (κ1) is 13.2. The second-order valence-electron chi connectivity index (χ2n) is 2.33. The van der Waals surface area contributed by atoms with Crippen LogP contribution in [0.2, 0.25) is 0 Å². The van der Waals surface area contributed by atoms with E-state index in [0.717, 1.165) is 0 Å². The standard InChI is InChI=1S/C8H16O6/c1-11-2-3-12-4-5-13-6-7-14-8(9)10/h2-7H2,1H3,(H,9,10). The summed E-state index contributed by atoms with van der Waals surface area (Å²) in [6, 6.07) is 0. The first-order valence-electron chi connectivity index (χ1n) is 4.27. The van der Waals surface area contributed by atoms with Gasteiger partial charge in [-0.1, -0.05) is 0 Å². The van der Waals surface area contributed by atoms with Crippen molar-refractivity contribution in [3.05, 3.63) is 0 Å². The Balaban J connectivity index is 2.88. The van der Waals surface area contributed by atoms with Crippen LogP contribution in [0.3, 0.4) is 0 Å².